The Kier molecular flexibility index (Phi) is 5.99. The summed E-state index contributed by atoms with van der Waals surface area (Å²) in [5.74, 6) is 0.482. The molecule has 2 heterocycles. The Bertz CT molecular complexity index is 431. The molecule has 1 aliphatic rings. The minimum Gasteiger partial charge on any atom is -0.338 e. The fraction of sp³-hybridized carbons (Fsp3) is 0.625. The zero-order valence-corrected chi connectivity index (χ0v) is 13.1. The van der Waals surface area contributed by atoms with Crippen molar-refractivity contribution in [2.45, 2.75) is 26.3 Å². The average molecular weight is 290 g/mol. The van der Waals surface area contributed by atoms with Gasteiger partial charge in [0.25, 0.3) is 0 Å². The van der Waals surface area contributed by atoms with Crippen LogP contribution < -0.4 is 5.32 Å². The van der Waals surface area contributed by atoms with Crippen molar-refractivity contribution >= 4 is 6.03 Å². The van der Waals surface area contributed by atoms with E-state index in [0.29, 0.717) is 12.5 Å². The first-order valence-corrected chi connectivity index (χ1v) is 7.76. The van der Waals surface area contributed by atoms with Gasteiger partial charge in [-0.1, -0.05) is 13.0 Å². The number of carbonyl (C=O) groups is 1. The lowest BCUT2D eigenvalue weighted by atomic mass is 10.1. The Morgan fingerprint density at radius 1 is 1.43 bits per heavy atom. The van der Waals surface area contributed by atoms with Crippen molar-refractivity contribution in [1.82, 2.24) is 20.1 Å². The lowest BCUT2D eigenvalue weighted by Gasteiger charge is -2.22. The molecule has 2 rings (SSSR count). The highest BCUT2D eigenvalue weighted by Gasteiger charge is 2.16. The molecule has 5 nitrogen and oxygen atoms in total. The monoisotopic (exact) mass is 290 g/mol. The number of carbonyl (C=O) groups excluding carboxylic acids is 1. The van der Waals surface area contributed by atoms with Gasteiger partial charge in [0, 0.05) is 26.3 Å². The third-order valence-electron chi connectivity index (χ3n) is 3.84. The summed E-state index contributed by atoms with van der Waals surface area (Å²) in [5.41, 5.74) is 0.903. The fourth-order valence-corrected chi connectivity index (χ4v) is 2.67. The number of rotatable bonds is 6. The number of pyridine rings is 1. The highest BCUT2D eigenvalue weighted by molar-refractivity contribution is 5.73. The number of nitrogens with one attached hydrogen (secondary N) is 1. The van der Waals surface area contributed by atoms with Crippen LogP contribution in [0.1, 0.15) is 25.5 Å². The van der Waals surface area contributed by atoms with Crippen molar-refractivity contribution in [3.05, 3.63) is 30.1 Å². The van der Waals surface area contributed by atoms with Gasteiger partial charge in [-0.3, -0.25) is 4.98 Å². The summed E-state index contributed by atoms with van der Waals surface area (Å²) in [6, 6.07) is 5.71. The fourth-order valence-electron chi connectivity index (χ4n) is 2.67. The summed E-state index contributed by atoms with van der Waals surface area (Å²) < 4.78 is 0. The van der Waals surface area contributed by atoms with Crippen LogP contribution in [0.15, 0.2) is 24.4 Å². The third-order valence-corrected chi connectivity index (χ3v) is 3.84. The van der Waals surface area contributed by atoms with E-state index in [2.05, 4.69) is 22.1 Å². The van der Waals surface area contributed by atoms with E-state index < -0.39 is 0 Å². The van der Waals surface area contributed by atoms with Gasteiger partial charge in [0.1, 0.15) is 0 Å². The van der Waals surface area contributed by atoms with Gasteiger partial charge in [0.05, 0.1) is 12.2 Å². The van der Waals surface area contributed by atoms with E-state index in [1.807, 2.05) is 18.2 Å². The summed E-state index contributed by atoms with van der Waals surface area (Å²) >= 11 is 0. The maximum absolute atomic E-state index is 12.1. The van der Waals surface area contributed by atoms with Gasteiger partial charge in [-0.2, -0.15) is 0 Å². The van der Waals surface area contributed by atoms with Crippen molar-refractivity contribution in [2.75, 3.05) is 33.2 Å². The summed E-state index contributed by atoms with van der Waals surface area (Å²) in [7, 11) is 1.80. The molecule has 0 radical (unpaired) electrons. The number of nitrogens with zero attached hydrogens (tertiary/aromatic N) is 3. The largest absolute Gasteiger partial charge is 0.338 e. The molecule has 0 saturated carbocycles. The number of hydrogen-bond acceptors (Lipinski definition) is 3. The number of likely N-dealkylation sites (tertiary alicyclic amines) is 1. The molecule has 1 fully saturated rings. The highest BCUT2D eigenvalue weighted by atomic mass is 16.2. The first-order chi connectivity index (χ1) is 10.1. The second kappa shape index (κ2) is 7.98. The van der Waals surface area contributed by atoms with Crippen molar-refractivity contribution in [2.24, 2.45) is 5.92 Å². The average Bonchev–Trinajstić information content (AvgIpc) is 2.98. The number of urea groups is 1. The quantitative estimate of drug-likeness (QED) is 0.871. The summed E-state index contributed by atoms with van der Waals surface area (Å²) in [4.78, 5) is 20.5. The molecule has 0 bridgehead atoms. The molecular formula is C16H26N4O. The zero-order valence-electron chi connectivity index (χ0n) is 13.1. The molecule has 116 valence electrons. The Labute approximate surface area is 127 Å². The standard InChI is InChI=1S/C16H26N4O/c1-14(12-20-9-5-6-10-20)11-18-16(21)19(2)13-15-7-3-4-8-17-15/h3-4,7-8,14H,5-6,9-13H2,1-2H3,(H,18,21). The molecule has 0 aliphatic carbocycles. The van der Waals surface area contributed by atoms with E-state index in [1.54, 1.807) is 18.1 Å². The van der Waals surface area contributed by atoms with E-state index in [0.717, 1.165) is 18.8 Å². The first kappa shape index (κ1) is 15.8. The topological polar surface area (TPSA) is 48.5 Å². The third kappa shape index (κ3) is 5.34. The van der Waals surface area contributed by atoms with Crippen molar-refractivity contribution in [3.8, 4) is 0 Å². The van der Waals surface area contributed by atoms with Crippen LogP contribution in [0.4, 0.5) is 4.79 Å². The van der Waals surface area contributed by atoms with Crippen LogP contribution in [-0.4, -0.2) is 54.0 Å². The van der Waals surface area contributed by atoms with Gasteiger partial charge < -0.3 is 15.1 Å². The van der Waals surface area contributed by atoms with Gasteiger partial charge in [-0.15, -0.1) is 0 Å². The smallest absolute Gasteiger partial charge is 0.317 e. The minimum absolute atomic E-state index is 0.0334. The van der Waals surface area contributed by atoms with Crippen LogP contribution in [0.25, 0.3) is 0 Å². The summed E-state index contributed by atoms with van der Waals surface area (Å²) in [6.07, 6.45) is 4.37. The lowest BCUT2D eigenvalue weighted by Crippen LogP contribution is -2.40. The Morgan fingerprint density at radius 2 is 2.19 bits per heavy atom. The van der Waals surface area contributed by atoms with E-state index in [-0.39, 0.29) is 6.03 Å². The molecule has 5 heteroatoms. The van der Waals surface area contributed by atoms with Crippen LogP contribution in [0.2, 0.25) is 0 Å². The molecule has 1 aliphatic heterocycles. The normalized spacial score (nSPS) is 16.7. The van der Waals surface area contributed by atoms with Crippen LogP contribution >= 0.6 is 0 Å². The Morgan fingerprint density at radius 3 is 2.86 bits per heavy atom. The molecule has 1 aromatic heterocycles. The molecule has 2 amide bonds. The predicted molar refractivity (Wildman–Crippen MR) is 83.9 cm³/mol. The molecule has 1 saturated heterocycles. The number of amides is 2. The lowest BCUT2D eigenvalue weighted by molar-refractivity contribution is 0.202. The van der Waals surface area contributed by atoms with Crippen LogP contribution in [0.5, 0.6) is 0 Å². The number of hydrogen-bond donors (Lipinski definition) is 1. The molecule has 21 heavy (non-hydrogen) atoms. The van der Waals surface area contributed by atoms with Gasteiger partial charge in [0.15, 0.2) is 0 Å². The number of aromatic nitrogens is 1. The van der Waals surface area contributed by atoms with Crippen LogP contribution in [0.3, 0.4) is 0 Å². The SMILES string of the molecule is CC(CNC(=O)N(C)Cc1ccccn1)CN1CCCC1. The molecule has 1 unspecified atom stereocenters. The molecule has 1 aromatic rings. The zero-order chi connectivity index (χ0) is 15.1. The van der Waals surface area contributed by atoms with Crippen molar-refractivity contribution in [3.63, 3.8) is 0 Å². The first-order valence-electron chi connectivity index (χ1n) is 7.76. The molecule has 0 aromatic carbocycles. The van der Waals surface area contributed by atoms with E-state index in [1.165, 1.54) is 25.9 Å². The van der Waals surface area contributed by atoms with Gasteiger partial charge in [-0.25, -0.2) is 4.79 Å². The second-order valence-corrected chi connectivity index (χ2v) is 5.98. The van der Waals surface area contributed by atoms with E-state index in [9.17, 15) is 4.79 Å². The van der Waals surface area contributed by atoms with Crippen molar-refractivity contribution in [1.29, 1.82) is 0 Å². The molecular weight excluding hydrogens is 264 g/mol. The van der Waals surface area contributed by atoms with Gasteiger partial charge >= 0.3 is 6.03 Å². The minimum atomic E-state index is -0.0334. The van der Waals surface area contributed by atoms with E-state index in [4.69, 9.17) is 0 Å². The molecule has 1 N–H and O–H groups in total. The maximum atomic E-state index is 12.1. The summed E-state index contributed by atoms with van der Waals surface area (Å²) in [6.45, 7) is 6.94. The van der Waals surface area contributed by atoms with Gasteiger partial charge in [0.2, 0.25) is 0 Å². The van der Waals surface area contributed by atoms with E-state index >= 15 is 0 Å². The maximum Gasteiger partial charge on any atom is 0.317 e. The second-order valence-electron chi connectivity index (χ2n) is 5.98. The van der Waals surface area contributed by atoms with Crippen LogP contribution in [-0.2, 0) is 6.54 Å². The van der Waals surface area contributed by atoms with Crippen LogP contribution in [0, 0.1) is 5.92 Å². The Balaban J connectivity index is 1.68. The molecule has 0 spiro atoms. The predicted octanol–water partition coefficient (Wildman–Crippen LogP) is 1.95. The summed E-state index contributed by atoms with van der Waals surface area (Å²) in [5, 5.41) is 3.01. The van der Waals surface area contributed by atoms with Crippen molar-refractivity contribution < 1.29 is 4.79 Å². The van der Waals surface area contributed by atoms with Gasteiger partial charge in [-0.05, 0) is 44.0 Å². The highest BCUT2D eigenvalue weighted by Crippen LogP contribution is 2.09. The molecule has 1 atom stereocenters. The Hall–Kier alpha value is -1.62.